The zero-order chi connectivity index (χ0) is 13.7. The minimum absolute atomic E-state index is 0.512. The summed E-state index contributed by atoms with van der Waals surface area (Å²) in [4.78, 5) is 2.54. The quantitative estimate of drug-likeness (QED) is 0.696. The summed E-state index contributed by atoms with van der Waals surface area (Å²) in [6, 6.07) is 0.720. The highest BCUT2D eigenvalue weighted by atomic mass is 16.5. The van der Waals surface area contributed by atoms with Gasteiger partial charge in [-0.25, -0.2) is 0 Å². The summed E-state index contributed by atoms with van der Waals surface area (Å²) >= 11 is 0. The van der Waals surface area contributed by atoms with Crippen molar-refractivity contribution in [3.63, 3.8) is 0 Å². The van der Waals surface area contributed by atoms with Gasteiger partial charge in [0.2, 0.25) is 0 Å². The lowest BCUT2D eigenvalue weighted by Gasteiger charge is -2.61. The molecule has 0 radical (unpaired) electrons. The molecule has 2 saturated carbocycles. The number of nitrogens with one attached hydrogen (secondary N) is 1. The van der Waals surface area contributed by atoms with Crippen LogP contribution in [0, 0.1) is 5.41 Å². The van der Waals surface area contributed by atoms with Gasteiger partial charge in [-0.3, -0.25) is 0 Å². The summed E-state index contributed by atoms with van der Waals surface area (Å²) in [5.41, 5.74) is 0.512. The molecule has 0 aromatic rings. The molecule has 1 N–H and O–H groups in total. The van der Waals surface area contributed by atoms with Crippen molar-refractivity contribution in [2.75, 3.05) is 32.8 Å². The third kappa shape index (κ3) is 3.14. The Morgan fingerprint density at radius 2 is 2.00 bits per heavy atom. The average Bonchev–Trinajstić information content (AvgIpc) is 2.33. The predicted molar refractivity (Wildman–Crippen MR) is 80.5 cm³/mol. The van der Waals surface area contributed by atoms with Crippen LogP contribution in [-0.2, 0) is 4.74 Å². The molecule has 3 heteroatoms. The van der Waals surface area contributed by atoms with Crippen molar-refractivity contribution >= 4 is 0 Å². The van der Waals surface area contributed by atoms with Crippen LogP contribution in [0.25, 0.3) is 0 Å². The van der Waals surface area contributed by atoms with E-state index in [-0.39, 0.29) is 0 Å². The van der Waals surface area contributed by atoms with Gasteiger partial charge in [-0.1, -0.05) is 20.3 Å². The first-order chi connectivity index (χ1) is 9.26. The zero-order valence-electron chi connectivity index (χ0n) is 13.1. The summed E-state index contributed by atoms with van der Waals surface area (Å²) in [5, 5.41) is 3.80. The van der Waals surface area contributed by atoms with Crippen molar-refractivity contribution in [2.24, 2.45) is 5.41 Å². The van der Waals surface area contributed by atoms with E-state index >= 15 is 0 Å². The molecule has 0 amide bonds. The molecule has 0 aromatic carbocycles. The van der Waals surface area contributed by atoms with E-state index < -0.39 is 0 Å². The second-order valence-electron chi connectivity index (χ2n) is 6.21. The fourth-order valence-electron chi connectivity index (χ4n) is 3.87. The number of rotatable bonds is 9. The maximum absolute atomic E-state index is 5.90. The monoisotopic (exact) mass is 268 g/mol. The molecule has 1 spiro atoms. The van der Waals surface area contributed by atoms with E-state index in [1.165, 1.54) is 51.7 Å². The highest BCUT2D eigenvalue weighted by molar-refractivity contribution is 5.12. The largest absolute Gasteiger partial charge is 0.378 e. The van der Waals surface area contributed by atoms with Gasteiger partial charge < -0.3 is 15.0 Å². The molecule has 2 unspecified atom stereocenters. The first-order valence-corrected chi connectivity index (χ1v) is 8.34. The van der Waals surface area contributed by atoms with Gasteiger partial charge in [-0.05, 0) is 45.7 Å². The minimum Gasteiger partial charge on any atom is -0.378 e. The Labute approximate surface area is 119 Å². The summed E-state index contributed by atoms with van der Waals surface area (Å²) < 4.78 is 5.90. The van der Waals surface area contributed by atoms with Crippen LogP contribution in [0.3, 0.4) is 0 Å². The standard InChI is InChI=1S/C16H32N2O/c1-4-11-18(5-2)12-10-17-14-13-15(19-6-3)16(14)8-7-9-16/h14-15,17H,4-13H2,1-3H3. The molecule has 2 aliphatic rings. The molecule has 0 heterocycles. The average molecular weight is 268 g/mol. The van der Waals surface area contributed by atoms with Crippen molar-refractivity contribution in [2.45, 2.75) is 65.0 Å². The number of likely N-dealkylation sites (N-methyl/N-ethyl adjacent to an activating group) is 1. The van der Waals surface area contributed by atoms with Crippen molar-refractivity contribution in [1.29, 1.82) is 0 Å². The van der Waals surface area contributed by atoms with E-state index in [1.54, 1.807) is 0 Å². The van der Waals surface area contributed by atoms with Gasteiger partial charge in [0.05, 0.1) is 6.10 Å². The molecule has 2 aliphatic carbocycles. The number of ether oxygens (including phenoxy) is 1. The van der Waals surface area contributed by atoms with Gasteiger partial charge in [0, 0.05) is 31.2 Å². The molecule has 0 aromatic heterocycles. The van der Waals surface area contributed by atoms with Crippen LogP contribution < -0.4 is 5.32 Å². The van der Waals surface area contributed by atoms with E-state index in [1.807, 2.05) is 0 Å². The van der Waals surface area contributed by atoms with Crippen LogP contribution in [0.1, 0.15) is 52.9 Å². The first-order valence-electron chi connectivity index (χ1n) is 8.34. The number of nitrogens with zero attached hydrogens (tertiary/aromatic N) is 1. The molecule has 2 atom stereocenters. The van der Waals surface area contributed by atoms with Gasteiger partial charge in [-0.15, -0.1) is 0 Å². The Balaban J connectivity index is 1.69. The Bertz CT molecular complexity index is 265. The van der Waals surface area contributed by atoms with Crippen molar-refractivity contribution < 1.29 is 4.74 Å². The SMILES string of the molecule is CCCN(CC)CCNC1CC(OCC)C12CCC2. The zero-order valence-corrected chi connectivity index (χ0v) is 13.1. The molecule has 19 heavy (non-hydrogen) atoms. The van der Waals surface area contributed by atoms with Crippen LogP contribution in [0.5, 0.6) is 0 Å². The minimum atomic E-state index is 0.512. The van der Waals surface area contributed by atoms with Crippen LogP contribution in [-0.4, -0.2) is 49.8 Å². The van der Waals surface area contributed by atoms with Crippen LogP contribution in [0.2, 0.25) is 0 Å². The van der Waals surface area contributed by atoms with E-state index in [9.17, 15) is 0 Å². The Kier molecular flexibility index (Phi) is 5.67. The summed E-state index contributed by atoms with van der Waals surface area (Å²) in [7, 11) is 0. The van der Waals surface area contributed by atoms with Crippen molar-refractivity contribution in [3.8, 4) is 0 Å². The molecule has 3 nitrogen and oxygen atoms in total. The third-order valence-corrected chi connectivity index (χ3v) is 5.24. The van der Waals surface area contributed by atoms with Gasteiger partial charge in [0.25, 0.3) is 0 Å². The van der Waals surface area contributed by atoms with Crippen molar-refractivity contribution in [1.82, 2.24) is 10.2 Å². The highest BCUT2D eigenvalue weighted by Gasteiger charge is 2.58. The van der Waals surface area contributed by atoms with Gasteiger partial charge in [0.15, 0.2) is 0 Å². The fourth-order valence-corrected chi connectivity index (χ4v) is 3.87. The summed E-state index contributed by atoms with van der Waals surface area (Å²) in [5.74, 6) is 0. The molecule has 2 fully saturated rings. The molecule has 0 bridgehead atoms. The molecule has 0 aliphatic heterocycles. The highest BCUT2D eigenvalue weighted by Crippen LogP contribution is 2.57. The van der Waals surface area contributed by atoms with Crippen LogP contribution in [0.4, 0.5) is 0 Å². The second-order valence-corrected chi connectivity index (χ2v) is 6.21. The fraction of sp³-hybridized carbons (Fsp3) is 1.00. The van der Waals surface area contributed by atoms with E-state index in [0.717, 1.165) is 19.2 Å². The van der Waals surface area contributed by atoms with E-state index in [4.69, 9.17) is 4.74 Å². The number of hydrogen-bond acceptors (Lipinski definition) is 3. The Morgan fingerprint density at radius 1 is 1.21 bits per heavy atom. The molecule has 112 valence electrons. The Hall–Kier alpha value is -0.120. The van der Waals surface area contributed by atoms with Crippen LogP contribution >= 0.6 is 0 Å². The second kappa shape index (κ2) is 7.05. The maximum atomic E-state index is 5.90. The molecular formula is C16H32N2O. The first kappa shape index (κ1) is 15.3. The molecular weight excluding hydrogens is 236 g/mol. The van der Waals surface area contributed by atoms with E-state index in [0.29, 0.717) is 11.5 Å². The molecule has 0 saturated heterocycles. The van der Waals surface area contributed by atoms with Crippen LogP contribution in [0.15, 0.2) is 0 Å². The summed E-state index contributed by atoms with van der Waals surface area (Å²) in [6.45, 7) is 12.3. The van der Waals surface area contributed by atoms with E-state index in [2.05, 4.69) is 31.0 Å². The maximum Gasteiger partial charge on any atom is 0.0661 e. The third-order valence-electron chi connectivity index (χ3n) is 5.24. The topological polar surface area (TPSA) is 24.5 Å². The van der Waals surface area contributed by atoms with Gasteiger partial charge >= 0.3 is 0 Å². The predicted octanol–water partition coefficient (Wildman–Crippen LogP) is 2.66. The lowest BCUT2D eigenvalue weighted by Crippen LogP contribution is -2.67. The summed E-state index contributed by atoms with van der Waals surface area (Å²) in [6.07, 6.45) is 7.19. The van der Waals surface area contributed by atoms with Gasteiger partial charge in [0.1, 0.15) is 0 Å². The van der Waals surface area contributed by atoms with Gasteiger partial charge in [-0.2, -0.15) is 0 Å². The normalized spacial score (nSPS) is 28.4. The number of hydrogen-bond donors (Lipinski definition) is 1. The van der Waals surface area contributed by atoms with Crippen molar-refractivity contribution in [3.05, 3.63) is 0 Å². The smallest absolute Gasteiger partial charge is 0.0661 e. The lowest BCUT2D eigenvalue weighted by atomic mass is 9.51. The Morgan fingerprint density at radius 3 is 2.53 bits per heavy atom. The molecule has 2 rings (SSSR count). The lowest BCUT2D eigenvalue weighted by molar-refractivity contribution is -0.172.